The predicted octanol–water partition coefficient (Wildman–Crippen LogP) is 1.78. The predicted molar refractivity (Wildman–Crippen MR) is 89.2 cm³/mol. The van der Waals surface area contributed by atoms with Crippen molar-refractivity contribution in [2.75, 3.05) is 18.0 Å². The summed E-state index contributed by atoms with van der Waals surface area (Å²) >= 11 is 0. The fourth-order valence-electron chi connectivity index (χ4n) is 2.56. The summed E-state index contributed by atoms with van der Waals surface area (Å²) in [4.78, 5) is 35.5. The maximum Gasteiger partial charge on any atom is 0.331 e. The second-order valence-electron chi connectivity index (χ2n) is 5.61. The van der Waals surface area contributed by atoms with Crippen LogP contribution < -0.4 is 15.0 Å². The van der Waals surface area contributed by atoms with E-state index in [-0.39, 0.29) is 31.1 Å². The number of nitro groups is 1. The fraction of sp³-hybridized carbons (Fsp3) is 0.176. The van der Waals surface area contributed by atoms with E-state index in [9.17, 15) is 24.1 Å². The van der Waals surface area contributed by atoms with Crippen LogP contribution >= 0.6 is 0 Å². The summed E-state index contributed by atoms with van der Waals surface area (Å²) in [6, 6.07) is 9.89. The Kier molecular flexibility index (Phi) is 4.78. The van der Waals surface area contributed by atoms with Gasteiger partial charge in [-0.2, -0.15) is 0 Å². The molecular formula is C17H14FN3O5. The van der Waals surface area contributed by atoms with Crippen LogP contribution in [0.3, 0.4) is 0 Å². The number of carbonyl (C=O) groups excluding carboxylic acids is 2. The van der Waals surface area contributed by atoms with Gasteiger partial charge >= 0.3 is 5.97 Å². The van der Waals surface area contributed by atoms with Gasteiger partial charge in [0.15, 0.2) is 5.75 Å². The van der Waals surface area contributed by atoms with E-state index in [1.165, 1.54) is 23.1 Å². The molecule has 3 rings (SSSR count). The molecular weight excluding hydrogens is 345 g/mol. The topological polar surface area (TPSA) is 102 Å². The van der Waals surface area contributed by atoms with Crippen LogP contribution in [-0.4, -0.2) is 29.9 Å². The Hall–Kier alpha value is -3.49. The van der Waals surface area contributed by atoms with Gasteiger partial charge in [0, 0.05) is 18.2 Å². The van der Waals surface area contributed by atoms with Gasteiger partial charge in [-0.05, 0) is 12.1 Å². The van der Waals surface area contributed by atoms with Crippen LogP contribution in [0.15, 0.2) is 42.5 Å². The minimum atomic E-state index is -0.625. The highest BCUT2D eigenvalue weighted by Gasteiger charge is 2.27. The first-order chi connectivity index (χ1) is 12.4. The van der Waals surface area contributed by atoms with E-state index in [0.717, 1.165) is 6.07 Å². The summed E-state index contributed by atoms with van der Waals surface area (Å²) in [5.74, 6) is -1.45. The molecule has 0 unspecified atom stereocenters. The molecule has 1 heterocycles. The number of nitrogens with zero attached hydrogens (tertiary/aromatic N) is 2. The van der Waals surface area contributed by atoms with E-state index >= 15 is 0 Å². The number of ether oxygens (including phenoxy) is 1. The minimum absolute atomic E-state index is 0.0108. The number of benzene rings is 2. The SMILES string of the molecule is O=C(CN1CC(=O)Oc2cc([N+](=O)[O-])ccc21)NCc1ccccc1F. The summed E-state index contributed by atoms with van der Waals surface area (Å²) in [5, 5.41) is 13.4. The van der Waals surface area contributed by atoms with Gasteiger partial charge in [0.2, 0.25) is 5.91 Å². The monoisotopic (exact) mass is 359 g/mol. The Bertz CT molecular complexity index is 886. The number of anilines is 1. The van der Waals surface area contributed by atoms with Crippen LogP contribution in [-0.2, 0) is 16.1 Å². The molecule has 0 atom stereocenters. The molecule has 0 radical (unpaired) electrons. The number of nitro benzene ring substituents is 1. The highest BCUT2D eigenvalue weighted by Crippen LogP contribution is 2.34. The lowest BCUT2D eigenvalue weighted by atomic mass is 10.2. The van der Waals surface area contributed by atoms with Crippen molar-refractivity contribution in [1.29, 1.82) is 0 Å². The van der Waals surface area contributed by atoms with Gasteiger partial charge in [-0.1, -0.05) is 18.2 Å². The molecule has 0 fully saturated rings. The number of halogens is 1. The zero-order valence-electron chi connectivity index (χ0n) is 13.5. The van der Waals surface area contributed by atoms with Crippen LogP contribution in [0.5, 0.6) is 5.75 Å². The Balaban J connectivity index is 1.70. The minimum Gasteiger partial charge on any atom is -0.423 e. The van der Waals surface area contributed by atoms with E-state index in [1.54, 1.807) is 18.2 Å². The van der Waals surface area contributed by atoms with Gasteiger partial charge in [0.05, 0.1) is 23.2 Å². The molecule has 2 aromatic rings. The molecule has 0 saturated carbocycles. The van der Waals surface area contributed by atoms with Gasteiger partial charge in [-0.3, -0.25) is 14.9 Å². The van der Waals surface area contributed by atoms with Crippen molar-refractivity contribution < 1.29 is 23.6 Å². The Morgan fingerprint density at radius 1 is 1.31 bits per heavy atom. The van der Waals surface area contributed by atoms with Gasteiger partial charge < -0.3 is 15.0 Å². The first-order valence-corrected chi connectivity index (χ1v) is 7.68. The van der Waals surface area contributed by atoms with Crippen molar-refractivity contribution in [3.63, 3.8) is 0 Å². The highest BCUT2D eigenvalue weighted by molar-refractivity contribution is 5.89. The quantitative estimate of drug-likeness (QED) is 0.378. The standard InChI is InChI=1S/C17H14FN3O5/c18-13-4-2-1-3-11(13)8-19-16(22)9-20-10-17(23)26-15-7-12(21(24)25)5-6-14(15)20/h1-7H,8-10H2,(H,19,22). The van der Waals surface area contributed by atoms with Crippen molar-refractivity contribution in [2.45, 2.75) is 6.54 Å². The molecule has 1 aliphatic rings. The number of non-ortho nitro benzene ring substituents is 1. The molecule has 26 heavy (non-hydrogen) atoms. The number of fused-ring (bicyclic) bond motifs is 1. The normalized spacial score (nSPS) is 13.0. The third-order valence-corrected chi connectivity index (χ3v) is 3.81. The Morgan fingerprint density at radius 3 is 2.81 bits per heavy atom. The number of amides is 1. The van der Waals surface area contributed by atoms with Gasteiger partial charge in [-0.25, -0.2) is 9.18 Å². The lowest BCUT2D eigenvalue weighted by Crippen LogP contribution is -2.43. The van der Waals surface area contributed by atoms with Crippen LogP contribution in [0, 0.1) is 15.9 Å². The van der Waals surface area contributed by atoms with E-state index in [2.05, 4.69) is 5.32 Å². The molecule has 0 aromatic heterocycles. The van der Waals surface area contributed by atoms with Crippen LogP contribution in [0.4, 0.5) is 15.8 Å². The average molecular weight is 359 g/mol. The van der Waals surface area contributed by atoms with E-state index in [1.807, 2.05) is 0 Å². The van der Waals surface area contributed by atoms with E-state index in [0.29, 0.717) is 11.3 Å². The molecule has 0 aliphatic carbocycles. The molecule has 0 bridgehead atoms. The number of carbonyl (C=O) groups is 2. The van der Waals surface area contributed by atoms with Crippen molar-refractivity contribution in [1.82, 2.24) is 5.32 Å². The first-order valence-electron chi connectivity index (χ1n) is 7.68. The van der Waals surface area contributed by atoms with Crippen molar-refractivity contribution in [3.05, 3.63) is 64.0 Å². The molecule has 9 heteroatoms. The Morgan fingerprint density at radius 2 is 2.08 bits per heavy atom. The second-order valence-corrected chi connectivity index (χ2v) is 5.61. The number of hydrogen-bond acceptors (Lipinski definition) is 6. The summed E-state index contributed by atoms with van der Waals surface area (Å²) < 4.78 is 18.6. The molecule has 1 amide bonds. The zero-order valence-corrected chi connectivity index (χ0v) is 13.5. The maximum atomic E-state index is 13.6. The second kappa shape index (κ2) is 7.18. The molecule has 0 saturated heterocycles. The van der Waals surface area contributed by atoms with Crippen molar-refractivity contribution in [3.8, 4) is 5.75 Å². The molecule has 1 N–H and O–H groups in total. The third-order valence-electron chi connectivity index (χ3n) is 3.81. The van der Waals surface area contributed by atoms with Gasteiger partial charge in [0.1, 0.15) is 12.4 Å². The molecule has 1 aliphatic heterocycles. The lowest BCUT2D eigenvalue weighted by Gasteiger charge is -2.28. The lowest BCUT2D eigenvalue weighted by molar-refractivity contribution is -0.384. The third kappa shape index (κ3) is 3.77. The maximum absolute atomic E-state index is 13.6. The van der Waals surface area contributed by atoms with Gasteiger partial charge in [0.25, 0.3) is 5.69 Å². The van der Waals surface area contributed by atoms with Crippen LogP contribution in [0.25, 0.3) is 0 Å². The van der Waals surface area contributed by atoms with E-state index in [4.69, 9.17) is 4.74 Å². The molecule has 2 aromatic carbocycles. The van der Waals surface area contributed by atoms with Gasteiger partial charge in [-0.15, -0.1) is 0 Å². The largest absolute Gasteiger partial charge is 0.423 e. The Labute approximate surface area is 147 Å². The zero-order chi connectivity index (χ0) is 18.7. The number of nitrogens with one attached hydrogen (secondary N) is 1. The van der Waals surface area contributed by atoms with Crippen molar-refractivity contribution in [2.24, 2.45) is 0 Å². The summed E-state index contributed by atoms with van der Waals surface area (Å²) in [6.45, 7) is -0.330. The molecule has 134 valence electrons. The van der Waals surface area contributed by atoms with Crippen LogP contribution in [0.1, 0.15) is 5.56 Å². The number of esters is 1. The van der Waals surface area contributed by atoms with Crippen LogP contribution in [0.2, 0.25) is 0 Å². The average Bonchev–Trinajstić information content (AvgIpc) is 2.60. The number of rotatable bonds is 5. The highest BCUT2D eigenvalue weighted by atomic mass is 19.1. The summed E-state index contributed by atoms with van der Waals surface area (Å²) in [6.07, 6.45) is 0. The number of hydrogen-bond donors (Lipinski definition) is 1. The summed E-state index contributed by atoms with van der Waals surface area (Å²) in [5.41, 5.74) is 0.522. The summed E-state index contributed by atoms with van der Waals surface area (Å²) in [7, 11) is 0. The van der Waals surface area contributed by atoms with E-state index < -0.39 is 22.6 Å². The fourth-order valence-corrected chi connectivity index (χ4v) is 2.56. The molecule has 8 nitrogen and oxygen atoms in total. The van der Waals surface area contributed by atoms with Crippen molar-refractivity contribution >= 4 is 23.3 Å². The first kappa shape index (κ1) is 17.3. The molecule has 0 spiro atoms. The smallest absolute Gasteiger partial charge is 0.331 e.